The quantitative estimate of drug-likeness (QED) is 0.560. The van der Waals surface area contributed by atoms with Gasteiger partial charge in [-0.3, -0.25) is 4.79 Å². The number of nitrogens with one attached hydrogen (secondary N) is 2. The van der Waals surface area contributed by atoms with Crippen LogP contribution < -0.4 is 10.6 Å². The highest BCUT2D eigenvalue weighted by Crippen LogP contribution is 2.17. The Hall–Kier alpha value is -3.25. The Morgan fingerprint density at radius 3 is 2.64 bits per heavy atom. The van der Waals surface area contributed by atoms with Crippen LogP contribution in [0.4, 0.5) is 5.69 Å². The highest BCUT2D eigenvalue weighted by molar-refractivity contribution is 6.30. The van der Waals surface area contributed by atoms with Crippen LogP contribution in [0.15, 0.2) is 71.3 Å². The van der Waals surface area contributed by atoms with E-state index in [0.29, 0.717) is 29.4 Å². The number of carbonyl (C=O) groups excluding carboxylic acids is 2. The molecule has 0 fully saturated rings. The van der Waals surface area contributed by atoms with Crippen LogP contribution >= 0.6 is 11.6 Å². The second-order valence-electron chi connectivity index (χ2n) is 5.96. The number of rotatable bonds is 8. The molecule has 1 aromatic heterocycles. The Morgan fingerprint density at radius 2 is 1.86 bits per heavy atom. The molecule has 3 aromatic rings. The zero-order valence-electron chi connectivity index (χ0n) is 15.0. The van der Waals surface area contributed by atoms with Gasteiger partial charge in [-0.25, -0.2) is 4.79 Å². The molecule has 0 atom stereocenters. The predicted octanol–water partition coefficient (Wildman–Crippen LogP) is 4.02. The minimum absolute atomic E-state index is 0.304. The molecule has 0 radical (unpaired) electrons. The van der Waals surface area contributed by atoms with Crippen molar-refractivity contribution in [3.8, 4) is 0 Å². The maximum absolute atomic E-state index is 12.4. The molecule has 0 unspecified atom stereocenters. The van der Waals surface area contributed by atoms with Crippen LogP contribution in [-0.2, 0) is 22.6 Å². The molecule has 0 saturated carbocycles. The molecule has 1 amide bonds. The van der Waals surface area contributed by atoms with Gasteiger partial charge in [0.25, 0.3) is 5.91 Å². The third-order valence-corrected chi connectivity index (χ3v) is 4.13. The average molecular weight is 399 g/mol. The third-order valence-electron chi connectivity index (χ3n) is 3.89. The van der Waals surface area contributed by atoms with Crippen LogP contribution in [0.3, 0.4) is 0 Å². The fourth-order valence-electron chi connectivity index (χ4n) is 2.52. The van der Waals surface area contributed by atoms with Crippen LogP contribution in [0.1, 0.15) is 21.7 Å². The smallest absolute Gasteiger partial charge is 0.340 e. The first-order valence-corrected chi connectivity index (χ1v) is 9.03. The molecule has 0 aliphatic rings. The van der Waals surface area contributed by atoms with Gasteiger partial charge in [-0.2, -0.15) is 0 Å². The van der Waals surface area contributed by atoms with E-state index in [-0.39, 0.29) is 6.61 Å². The summed E-state index contributed by atoms with van der Waals surface area (Å²) in [5.74, 6) is -0.238. The van der Waals surface area contributed by atoms with Crippen LogP contribution in [0.2, 0.25) is 5.02 Å². The molecule has 0 aliphatic carbocycles. The van der Waals surface area contributed by atoms with Crippen LogP contribution in [0.25, 0.3) is 0 Å². The number of anilines is 1. The lowest BCUT2D eigenvalue weighted by atomic mass is 10.2. The van der Waals surface area contributed by atoms with E-state index in [1.165, 1.54) is 0 Å². The predicted molar refractivity (Wildman–Crippen MR) is 106 cm³/mol. The minimum Gasteiger partial charge on any atom is -0.467 e. The normalized spacial score (nSPS) is 10.3. The molecule has 0 aliphatic heterocycles. The molecule has 2 N–H and O–H groups in total. The Balaban J connectivity index is 1.51. The Bertz CT molecular complexity index is 941. The van der Waals surface area contributed by atoms with Crippen molar-refractivity contribution >= 4 is 29.2 Å². The van der Waals surface area contributed by atoms with Crippen LogP contribution in [-0.4, -0.2) is 18.5 Å². The van der Waals surface area contributed by atoms with Crippen molar-refractivity contribution in [2.45, 2.75) is 13.1 Å². The molecule has 7 heteroatoms. The van der Waals surface area contributed by atoms with E-state index < -0.39 is 11.9 Å². The van der Waals surface area contributed by atoms with Crippen LogP contribution in [0, 0.1) is 0 Å². The summed E-state index contributed by atoms with van der Waals surface area (Å²) in [6.45, 7) is 0.363. The van der Waals surface area contributed by atoms with Gasteiger partial charge < -0.3 is 19.8 Å². The number of furan rings is 1. The number of benzene rings is 2. The van der Waals surface area contributed by atoms with Crippen molar-refractivity contribution in [1.29, 1.82) is 0 Å². The summed E-state index contributed by atoms with van der Waals surface area (Å²) in [6, 6.07) is 17.7. The van der Waals surface area contributed by atoms with E-state index in [9.17, 15) is 9.59 Å². The summed E-state index contributed by atoms with van der Waals surface area (Å²) in [6.07, 6.45) is 1.58. The lowest BCUT2D eigenvalue weighted by Gasteiger charge is -2.11. The molecular weight excluding hydrogens is 380 g/mol. The minimum atomic E-state index is -0.583. The van der Waals surface area contributed by atoms with Gasteiger partial charge in [0.15, 0.2) is 6.61 Å². The van der Waals surface area contributed by atoms with Crippen molar-refractivity contribution in [2.24, 2.45) is 0 Å². The van der Waals surface area contributed by atoms with Gasteiger partial charge >= 0.3 is 5.97 Å². The summed E-state index contributed by atoms with van der Waals surface area (Å²) in [7, 11) is 0. The van der Waals surface area contributed by atoms with Gasteiger partial charge in [-0.05, 0) is 42.0 Å². The van der Waals surface area contributed by atoms with E-state index >= 15 is 0 Å². The monoisotopic (exact) mass is 398 g/mol. The van der Waals surface area contributed by atoms with Crippen molar-refractivity contribution in [3.05, 3.63) is 88.8 Å². The van der Waals surface area contributed by atoms with E-state index in [2.05, 4.69) is 10.6 Å². The number of ether oxygens (including phenoxy) is 1. The number of esters is 1. The molecular formula is C21H19ClN2O4. The molecule has 0 spiro atoms. The summed E-state index contributed by atoms with van der Waals surface area (Å²) in [5.41, 5.74) is 1.81. The highest BCUT2D eigenvalue weighted by Gasteiger charge is 2.14. The molecule has 0 saturated heterocycles. The highest BCUT2D eigenvalue weighted by atomic mass is 35.5. The van der Waals surface area contributed by atoms with E-state index in [0.717, 1.165) is 11.3 Å². The first kappa shape index (κ1) is 19.5. The second kappa shape index (κ2) is 9.62. The molecule has 1 heterocycles. The maximum Gasteiger partial charge on any atom is 0.340 e. The second-order valence-corrected chi connectivity index (χ2v) is 6.40. The average Bonchev–Trinajstić information content (AvgIpc) is 3.23. The van der Waals surface area contributed by atoms with Crippen molar-refractivity contribution < 1.29 is 18.7 Å². The Labute approximate surface area is 167 Å². The van der Waals surface area contributed by atoms with Gasteiger partial charge in [0.2, 0.25) is 0 Å². The van der Waals surface area contributed by atoms with Gasteiger partial charge in [0.05, 0.1) is 18.4 Å². The Morgan fingerprint density at radius 1 is 1.00 bits per heavy atom. The fourth-order valence-corrected chi connectivity index (χ4v) is 2.73. The van der Waals surface area contributed by atoms with Crippen molar-refractivity contribution in [2.75, 3.05) is 11.9 Å². The molecule has 28 heavy (non-hydrogen) atoms. The summed E-state index contributed by atoms with van der Waals surface area (Å²) < 4.78 is 10.4. The zero-order valence-corrected chi connectivity index (χ0v) is 15.7. The van der Waals surface area contributed by atoms with Crippen LogP contribution in [0.5, 0.6) is 0 Å². The van der Waals surface area contributed by atoms with E-state index in [1.54, 1.807) is 54.8 Å². The molecule has 3 rings (SSSR count). The van der Waals surface area contributed by atoms with Crippen molar-refractivity contribution in [1.82, 2.24) is 5.32 Å². The Kier molecular flexibility index (Phi) is 6.70. The molecule has 0 bridgehead atoms. The van der Waals surface area contributed by atoms with Crippen molar-refractivity contribution in [3.63, 3.8) is 0 Å². The fraction of sp³-hybridized carbons (Fsp3) is 0.143. The number of hydrogen-bond acceptors (Lipinski definition) is 5. The van der Waals surface area contributed by atoms with Gasteiger partial charge in [0, 0.05) is 17.3 Å². The zero-order chi connectivity index (χ0) is 19.8. The number of amides is 1. The van der Waals surface area contributed by atoms with Gasteiger partial charge in [-0.1, -0.05) is 35.9 Å². The number of halogens is 1. The SMILES string of the molecule is O=C(COC(=O)c1ccccc1NCc1ccco1)NCc1cccc(Cl)c1. The lowest BCUT2D eigenvalue weighted by Crippen LogP contribution is -2.28. The third kappa shape index (κ3) is 5.62. The maximum atomic E-state index is 12.4. The first-order chi connectivity index (χ1) is 13.6. The van der Waals surface area contributed by atoms with Gasteiger partial charge in [0.1, 0.15) is 5.76 Å². The van der Waals surface area contributed by atoms with E-state index in [1.807, 2.05) is 12.1 Å². The summed E-state index contributed by atoms with van der Waals surface area (Å²) >= 11 is 5.91. The van der Waals surface area contributed by atoms with E-state index in [4.69, 9.17) is 20.8 Å². The molecule has 144 valence electrons. The lowest BCUT2D eigenvalue weighted by molar-refractivity contribution is -0.124. The standard InChI is InChI=1S/C21H19ClN2O4/c22-16-6-3-5-15(11-16)12-24-20(25)14-28-21(26)18-8-1-2-9-19(18)23-13-17-7-4-10-27-17/h1-11,23H,12-14H2,(H,24,25). The van der Waals surface area contributed by atoms with Gasteiger partial charge in [-0.15, -0.1) is 0 Å². The molecule has 6 nitrogen and oxygen atoms in total. The first-order valence-electron chi connectivity index (χ1n) is 8.65. The summed E-state index contributed by atoms with van der Waals surface area (Å²) in [4.78, 5) is 24.3. The largest absolute Gasteiger partial charge is 0.467 e. The number of para-hydroxylation sites is 1. The summed E-state index contributed by atoms with van der Waals surface area (Å²) in [5, 5.41) is 6.41. The number of carbonyl (C=O) groups is 2. The topological polar surface area (TPSA) is 80.6 Å². The number of hydrogen-bond donors (Lipinski definition) is 2. The molecule has 2 aromatic carbocycles.